The molecule has 160 valence electrons. The van der Waals surface area contributed by atoms with Gasteiger partial charge in [-0.15, -0.1) is 0 Å². The average molecular weight is 420 g/mol. The summed E-state index contributed by atoms with van der Waals surface area (Å²) in [5.41, 5.74) is 2.37. The van der Waals surface area contributed by atoms with Gasteiger partial charge >= 0.3 is 0 Å². The van der Waals surface area contributed by atoms with Gasteiger partial charge in [0.15, 0.2) is 5.82 Å². The largest absolute Gasteiger partial charge is 0.340 e. The highest BCUT2D eigenvalue weighted by Gasteiger charge is 2.50. The Balaban J connectivity index is 1.29. The number of aryl methyl sites for hydroxylation is 2. The molecule has 5 rings (SSSR count). The van der Waals surface area contributed by atoms with E-state index in [1.165, 1.54) is 12.1 Å². The zero-order valence-electron chi connectivity index (χ0n) is 17.8. The van der Waals surface area contributed by atoms with Crippen LogP contribution in [0, 0.1) is 5.82 Å². The fourth-order valence-corrected chi connectivity index (χ4v) is 4.61. The molecular weight excluding hydrogens is 395 g/mol. The fraction of sp³-hybridized carbons (Fsp3) is 0.391. The lowest BCUT2D eigenvalue weighted by Gasteiger charge is -2.43. The van der Waals surface area contributed by atoms with Crippen molar-refractivity contribution in [3.05, 3.63) is 65.6 Å². The van der Waals surface area contributed by atoms with Gasteiger partial charge < -0.3 is 9.80 Å². The van der Waals surface area contributed by atoms with E-state index in [0.717, 1.165) is 54.3 Å². The van der Waals surface area contributed by atoms with Gasteiger partial charge in [0.25, 0.3) is 5.91 Å². The molecule has 0 bridgehead atoms. The van der Waals surface area contributed by atoms with Crippen molar-refractivity contribution in [2.45, 2.75) is 44.7 Å². The Bertz CT molecular complexity index is 1130. The summed E-state index contributed by atoms with van der Waals surface area (Å²) in [4.78, 5) is 26.0. The minimum atomic E-state index is -0.505. The summed E-state index contributed by atoms with van der Waals surface area (Å²) in [7, 11) is 1.81. The standard InChI is InChI=1S/C23H25FN6O/c1-23-10-3-11-30(23)21-19(28(2)22(23)31)13-25-20(27-21)9-6-17-12-26-29(15-17)14-16-4-7-18(24)8-5-16/h4-5,7-8,12-13,15H,3,6,9-11,14H2,1-2H3/t23-/m1/s1. The van der Waals surface area contributed by atoms with Crippen LogP contribution in [-0.4, -0.2) is 44.8 Å². The number of amides is 1. The third kappa shape index (κ3) is 3.45. The van der Waals surface area contributed by atoms with Crippen LogP contribution in [-0.2, 0) is 24.2 Å². The number of hydrogen-bond donors (Lipinski definition) is 0. The second-order valence-corrected chi connectivity index (χ2v) is 8.56. The Hall–Kier alpha value is -3.29. The summed E-state index contributed by atoms with van der Waals surface area (Å²) < 4.78 is 14.9. The second-order valence-electron chi connectivity index (χ2n) is 8.56. The van der Waals surface area contributed by atoms with Gasteiger partial charge in [-0.25, -0.2) is 14.4 Å². The molecule has 31 heavy (non-hydrogen) atoms. The molecule has 2 aromatic heterocycles. The van der Waals surface area contributed by atoms with E-state index in [2.05, 4.69) is 15.0 Å². The summed E-state index contributed by atoms with van der Waals surface area (Å²) in [5.74, 6) is 1.50. The van der Waals surface area contributed by atoms with E-state index in [-0.39, 0.29) is 11.7 Å². The zero-order chi connectivity index (χ0) is 21.6. The molecule has 0 aliphatic carbocycles. The Morgan fingerprint density at radius 2 is 1.94 bits per heavy atom. The molecule has 1 fully saturated rings. The van der Waals surface area contributed by atoms with Crippen molar-refractivity contribution in [1.29, 1.82) is 0 Å². The van der Waals surface area contributed by atoms with Crippen molar-refractivity contribution in [3.8, 4) is 0 Å². The quantitative estimate of drug-likeness (QED) is 0.635. The number of hydrogen-bond acceptors (Lipinski definition) is 5. The molecule has 8 heteroatoms. The average Bonchev–Trinajstić information content (AvgIpc) is 3.39. The minimum Gasteiger partial charge on any atom is -0.340 e. The molecule has 0 N–H and O–H groups in total. The van der Waals surface area contributed by atoms with Crippen molar-refractivity contribution in [3.63, 3.8) is 0 Å². The van der Waals surface area contributed by atoms with Gasteiger partial charge in [-0.3, -0.25) is 9.48 Å². The number of carbonyl (C=O) groups is 1. The summed E-state index contributed by atoms with van der Waals surface area (Å²) in [6.07, 6.45) is 8.93. The van der Waals surface area contributed by atoms with E-state index in [4.69, 9.17) is 4.98 Å². The van der Waals surface area contributed by atoms with E-state index >= 15 is 0 Å². The number of anilines is 2. The summed E-state index contributed by atoms with van der Waals surface area (Å²) in [6.45, 7) is 3.46. The molecular formula is C23H25FN6O. The van der Waals surface area contributed by atoms with Crippen LogP contribution in [0.3, 0.4) is 0 Å². The molecule has 1 aromatic carbocycles. The van der Waals surface area contributed by atoms with Crippen molar-refractivity contribution < 1.29 is 9.18 Å². The molecule has 3 aromatic rings. The van der Waals surface area contributed by atoms with Crippen LogP contribution < -0.4 is 9.80 Å². The van der Waals surface area contributed by atoms with Crippen molar-refractivity contribution in [2.75, 3.05) is 23.4 Å². The number of halogens is 1. The number of likely N-dealkylation sites (N-methyl/N-ethyl adjacent to an activating group) is 1. The van der Waals surface area contributed by atoms with E-state index in [0.29, 0.717) is 13.0 Å². The topological polar surface area (TPSA) is 67.2 Å². The Kier molecular flexibility index (Phi) is 4.72. The zero-order valence-corrected chi connectivity index (χ0v) is 17.8. The van der Waals surface area contributed by atoms with Gasteiger partial charge in [0, 0.05) is 26.2 Å². The molecule has 1 amide bonds. The van der Waals surface area contributed by atoms with Crippen LogP contribution in [0.5, 0.6) is 0 Å². The predicted octanol–water partition coefficient (Wildman–Crippen LogP) is 2.98. The van der Waals surface area contributed by atoms with Crippen LogP contribution in [0.4, 0.5) is 15.9 Å². The first-order valence-corrected chi connectivity index (χ1v) is 10.6. The molecule has 4 heterocycles. The monoisotopic (exact) mass is 420 g/mol. The van der Waals surface area contributed by atoms with Gasteiger partial charge in [-0.2, -0.15) is 5.10 Å². The number of aromatic nitrogens is 4. The van der Waals surface area contributed by atoms with Gasteiger partial charge in [0.1, 0.15) is 22.9 Å². The molecule has 0 spiro atoms. The SMILES string of the molecule is CN1C(=O)[C@@]2(C)CCCN2c2nc(CCc3cnn(Cc4ccc(F)cc4)c3)ncc21. The molecule has 2 aliphatic heterocycles. The molecule has 0 unspecified atom stereocenters. The molecule has 0 saturated carbocycles. The van der Waals surface area contributed by atoms with Crippen LogP contribution in [0.1, 0.15) is 36.7 Å². The highest BCUT2D eigenvalue weighted by Crippen LogP contribution is 2.43. The number of nitrogens with zero attached hydrogens (tertiary/aromatic N) is 6. The van der Waals surface area contributed by atoms with Gasteiger partial charge in [-0.1, -0.05) is 12.1 Å². The number of fused-ring (bicyclic) bond motifs is 3. The molecule has 0 radical (unpaired) electrons. The van der Waals surface area contributed by atoms with E-state index < -0.39 is 5.54 Å². The lowest BCUT2D eigenvalue weighted by atomic mass is 9.94. The van der Waals surface area contributed by atoms with E-state index in [9.17, 15) is 9.18 Å². The molecule has 1 atom stereocenters. The summed E-state index contributed by atoms with van der Waals surface area (Å²) in [5, 5.41) is 4.42. The lowest BCUT2D eigenvalue weighted by Crippen LogP contribution is -2.58. The number of carbonyl (C=O) groups excluding carboxylic acids is 1. The molecule has 1 saturated heterocycles. The summed E-state index contributed by atoms with van der Waals surface area (Å²) >= 11 is 0. The van der Waals surface area contributed by atoms with Crippen LogP contribution in [0.25, 0.3) is 0 Å². The number of benzene rings is 1. The van der Waals surface area contributed by atoms with Gasteiger partial charge in [0.2, 0.25) is 0 Å². The summed E-state index contributed by atoms with van der Waals surface area (Å²) in [6, 6.07) is 6.46. The first-order chi connectivity index (χ1) is 14.9. The van der Waals surface area contributed by atoms with Crippen molar-refractivity contribution in [2.24, 2.45) is 0 Å². The minimum absolute atomic E-state index is 0.113. The van der Waals surface area contributed by atoms with Crippen LogP contribution >= 0.6 is 0 Å². The number of rotatable bonds is 5. The Labute approximate surface area is 180 Å². The third-order valence-corrected chi connectivity index (χ3v) is 6.41. The second kappa shape index (κ2) is 7.44. The van der Waals surface area contributed by atoms with Gasteiger partial charge in [-0.05, 0) is 49.4 Å². The lowest BCUT2D eigenvalue weighted by molar-refractivity contribution is -0.123. The van der Waals surface area contributed by atoms with Crippen LogP contribution in [0.2, 0.25) is 0 Å². The normalized spacial score (nSPS) is 20.2. The first kappa shape index (κ1) is 19.7. The predicted molar refractivity (Wildman–Crippen MR) is 116 cm³/mol. The first-order valence-electron chi connectivity index (χ1n) is 10.6. The van der Waals surface area contributed by atoms with E-state index in [1.54, 1.807) is 30.3 Å². The van der Waals surface area contributed by atoms with Crippen molar-refractivity contribution in [1.82, 2.24) is 19.7 Å². The van der Waals surface area contributed by atoms with E-state index in [1.807, 2.05) is 24.0 Å². The maximum absolute atomic E-state index is 13.1. The Morgan fingerprint density at radius 1 is 1.13 bits per heavy atom. The fourth-order valence-electron chi connectivity index (χ4n) is 4.61. The van der Waals surface area contributed by atoms with Gasteiger partial charge in [0.05, 0.1) is 18.9 Å². The van der Waals surface area contributed by atoms with Crippen LogP contribution in [0.15, 0.2) is 42.9 Å². The molecule has 2 aliphatic rings. The maximum atomic E-state index is 13.1. The maximum Gasteiger partial charge on any atom is 0.252 e. The van der Waals surface area contributed by atoms with Crippen molar-refractivity contribution >= 4 is 17.4 Å². The Morgan fingerprint density at radius 3 is 2.74 bits per heavy atom. The highest BCUT2D eigenvalue weighted by atomic mass is 19.1. The molecule has 7 nitrogen and oxygen atoms in total. The third-order valence-electron chi connectivity index (χ3n) is 6.41. The smallest absolute Gasteiger partial charge is 0.252 e. The highest BCUT2D eigenvalue weighted by molar-refractivity contribution is 6.07.